The molecule has 1 saturated carbocycles. The highest BCUT2D eigenvalue weighted by molar-refractivity contribution is 5.93. The van der Waals surface area contributed by atoms with Crippen molar-refractivity contribution in [3.05, 3.63) is 82.2 Å². The summed E-state index contributed by atoms with van der Waals surface area (Å²) >= 11 is 0. The van der Waals surface area contributed by atoms with Crippen molar-refractivity contribution in [1.29, 1.82) is 0 Å². The van der Waals surface area contributed by atoms with Crippen LogP contribution in [0.15, 0.2) is 43.0 Å². The number of hydrogen-bond acceptors (Lipinski definition) is 6. The topological polar surface area (TPSA) is 136 Å². The minimum absolute atomic E-state index is 0.283. The standard InChI is InChI=1S/C27H33N7O/c1-3-30-24(17-5-4-6-17)15-27(26-31-33-34-32-26)22-11-9-18(16(2)28)13-19(22)7-8-20-14-21(25(29)35)10-12-23(20)27/h9-14,17,24,30H,2-8,15,28H2,1H3,(H2,29,35)(H,31,32,33,34). The number of hydrogen-bond donors (Lipinski definition) is 4. The van der Waals surface area contributed by atoms with E-state index in [1.54, 1.807) is 0 Å². The maximum absolute atomic E-state index is 12.0. The zero-order valence-electron chi connectivity index (χ0n) is 20.2. The summed E-state index contributed by atoms with van der Waals surface area (Å²) in [5, 5.41) is 19.6. The van der Waals surface area contributed by atoms with Crippen LogP contribution in [-0.2, 0) is 18.3 Å². The molecule has 3 aromatic rings. The molecule has 8 nitrogen and oxygen atoms in total. The molecule has 0 saturated heterocycles. The highest BCUT2D eigenvalue weighted by atomic mass is 16.1. The Kier molecular flexibility index (Phi) is 6.15. The molecule has 35 heavy (non-hydrogen) atoms. The van der Waals surface area contributed by atoms with Gasteiger partial charge in [0.2, 0.25) is 5.91 Å². The highest BCUT2D eigenvalue weighted by Crippen LogP contribution is 2.48. The van der Waals surface area contributed by atoms with E-state index in [4.69, 9.17) is 11.5 Å². The van der Waals surface area contributed by atoms with Crippen molar-refractivity contribution in [2.45, 2.75) is 56.9 Å². The van der Waals surface area contributed by atoms with E-state index in [0.29, 0.717) is 23.0 Å². The minimum Gasteiger partial charge on any atom is -0.399 e. The number of carbonyl (C=O) groups excluding carboxylic acids is 1. The summed E-state index contributed by atoms with van der Waals surface area (Å²) < 4.78 is 0. The summed E-state index contributed by atoms with van der Waals surface area (Å²) in [5.41, 5.74) is 17.6. The molecule has 2 unspecified atom stereocenters. The first-order valence-electron chi connectivity index (χ1n) is 12.4. The molecule has 182 valence electrons. The van der Waals surface area contributed by atoms with Crippen molar-refractivity contribution in [3.63, 3.8) is 0 Å². The molecular formula is C27H33N7O. The van der Waals surface area contributed by atoms with Crippen molar-refractivity contribution in [3.8, 4) is 0 Å². The molecule has 1 heterocycles. The van der Waals surface area contributed by atoms with Crippen LogP contribution < -0.4 is 16.8 Å². The lowest BCUT2D eigenvalue weighted by atomic mass is 9.64. The summed E-state index contributed by atoms with van der Waals surface area (Å²) in [7, 11) is 0. The number of nitrogens with two attached hydrogens (primary N) is 2. The Hall–Kier alpha value is -3.52. The number of aromatic nitrogens is 4. The Morgan fingerprint density at radius 2 is 1.80 bits per heavy atom. The van der Waals surface area contributed by atoms with Crippen LogP contribution in [0.4, 0.5) is 0 Å². The molecule has 1 aromatic heterocycles. The van der Waals surface area contributed by atoms with Gasteiger partial charge in [-0.2, -0.15) is 5.21 Å². The number of aromatic amines is 1. The molecule has 0 radical (unpaired) electrons. The SMILES string of the molecule is C=C(N)c1ccc2c(c1)CCc1cc(C(N)=O)ccc1C2(CC(NCC)C1CCC1)c1nn[nH]n1. The average molecular weight is 472 g/mol. The Balaban J connectivity index is 1.79. The van der Waals surface area contributed by atoms with Crippen LogP contribution in [0.5, 0.6) is 0 Å². The molecule has 6 N–H and O–H groups in total. The van der Waals surface area contributed by atoms with Crippen molar-refractivity contribution >= 4 is 11.6 Å². The van der Waals surface area contributed by atoms with E-state index < -0.39 is 11.3 Å². The molecular weight excluding hydrogens is 438 g/mol. The quantitative estimate of drug-likeness (QED) is 0.399. The smallest absolute Gasteiger partial charge is 0.248 e. The van der Waals surface area contributed by atoms with Gasteiger partial charge in [0, 0.05) is 17.3 Å². The lowest BCUT2D eigenvalue weighted by Crippen LogP contribution is -2.46. The molecule has 1 amide bonds. The molecule has 0 bridgehead atoms. The lowest BCUT2D eigenvalue weighted by molar-refractivity contribution is 0.1000. The zero-order valence-corrected chi connectivity index (χ0v) is 20.2. The summed E-state index contributed by atoms with van der Waals surface area (Å²) in [5.74, 6) is 0.804. The highest BCUT2D eigenvalue weighted by Gasteiger charge is 2.47. The number of fused-ring (bicyclic) bond motifs is 2. The number of aryl methyl sites for hydroxylation is 2. The minimum atomic E-state index is -0.652. The fourth-order valence-corrected chi connectivity index (χ4v) is 5.94. The Morgan fingerprint density at radius 1 is 1.14 bits per heavy atom. The van der Waals surface area contributed by atoms with E-state index in [-0.39, 0.29) is 6.04 Å². The average Bonchev–Trinajstić information content (AvgIpc) is 3.31. The molecule has 2 aromatic carbocycles. The van der Waals surface area contributed by atoms with Gasteiger partial charge in [-0.25, -0.2) is 0 Å². The van der Waals surface area contributed by atoms with Crippen molar-refractivity contribution in [2.24, 2.45) is 17.4 Å². The predicted octanol–water partition coefficient (Wildman–Crippen LogP) is 2.83. The van der Waals surface area contributed by atoms with E-state index in [0.717, 1.165) is 48.1 Å². The van der Waals surface area contributed by atoms with Crippen LogP contribution in [-0.4, -0.2) is 39.1 Å². The third-order valence-corrected chi connectivity index (χ3v) is 7.89. The largest absolute Gasteiger partial charge is 0.399 e. The van der Waals surface area contributed by atoms with Gasteiger partial charge in [-0.3, -0.25) is 4.79 Å². The number of nitrogens with zero attached hydrogens (tertiary/aromatic N) is 3. The third kappa shape index (κ3) is 4.01. The number of benzene rings is 2. The van der Waals surface area contributed by atoms with Gasteiger partial charge in [0.25, 0.3) is 0 Å². The van der Waals surface area contributed by atoms with E-state index >= 15 is 0 Å². The van der Waals surface area contributed by atoms with Crippen LogP contribution in [0, 0.1) is 5.92 Å². The molecule has 0 spiro atoms. The van der Waals surface area contributed by atoms with Gasteiger partial charge in [0.1, 0.15) is 0 Å². The number of rotatable bonds is 8. The summed E-state index contributed by atoms with van der Waals surface area (Å²) in [4.78, 5) is 12.0. The van der Waals surface area contributed by atoms with Crippen LogP contribution in [0.3, 0.4) is 0 Å². The summed E-state index contributed by atoms with van der Waals surface area (Å²) in [6, 6.07) is 12.4. The molecule has 0 aliphatic heterocycles. The summed E-state index contributed by atoms with van der Waals surface area (Å²) in [6.45, 7) is 6.98. The number of H-pyrrole nitrogens is 1. The first kappa shape index (κ1) is 23.2. The maximum atomic E-state index is 12.0. The normalized spacial score (nSPS) is 20.3. The number of amides is 1. The van der Waals surface area contributed by atoms with Gasteiger partial charge in [-0.05, 0) is 90.6 Å². The second kappa shape index (κ2) is 9.26. The fraction of sp³-hybridized carbons (Fsp3) is 0.407. The zero-order chi connectivity index (χ0) is 24.6. The van der Waals surface area contributed by atoms with Crippen LogP contribution in [0.25, 0.3) is 5.70 Å². The first-order valence-corrected chi connectivity index (χ1v) is 12.4. The van der Waals surface area contributed by atoms with Crippen molar-refractivity contribution in [1.82, 2.24) is 25.9 Å². The molecule has 1 fully saturated rings. The Bertz CT molecular complexity index is 1180. The number of tetrazole rings is 1. The summed E-state index contributed by atoms with van der Waals surface area (Å²) in [6.07, 6.45) is 6.03. The van der Waals surface area contributed by atoms with Crippen LogP contribution in [0.2, 0.25) is 0 Å². The second-order valence-electron chi connectivity index (χ2n) is 9.83. The molecule has 2 aliphatic rings. The van der Waals surface area contributed by atoms with Crippen molar-refractivity contribution in [2.75, 3.05) is 6.54 Å². The molecule has 2 aliphatic carbocycles. The van der Waals surface area contributed by atoms with E-state index in [9.17, 15) is 4.79 Å². The lowest BCUT2D eigenvalue weighted by Gasteiger charge is -2.42. The molecule has 8 heteroatoms. The van der Waals surface area contributed by atoms with E-state index in [1.165, 1.54) is 24.8 Å². The fourth-order valence-electron chi connectivity index (χ4n) is 5.94. The van der Waals surface area contributed by atoms with Gasteiger partial charge in [-0.1, -0.05) is 43.3 Å². The number of nitrogens with one attached hydrogen (secondary N) is 2. The molecule has 5 rings (SSSR count). The molecule has 2 atom stereocenters. The predicted molar refractivity (Wildman–Crippen MR) is 136 cm³/mol. The van der Waals surface area contributed by atoms with Gasteiger partial charge >= 0.3 is 0 Å². The van der Waals surface area contributed by atoms with Crippen molar-refractivity contribution < 1.29 is 4.79 Å². The van der Waals surface area contributed by atoms with Crippen LogP contribution in [0.1, 0.15) is 76.6 Å². The third-order valence-electron chi connectivity index (χ3n) is 7.89. The van der Waals surface area contributed by atoms with E-state index in [1.807, 2.05) is 24.3 Å². The monoisotopic (exact) mass is 471 g/mol. The van der Waals surface area contributed by atoms with Gasteiger partial charge in [0.05, 0.1) is 5.41 Å². The Morgan fingerprint density at radius 3 is 2.31 bits per heavy atom. The maximum Gasteiger partial charge on any atom is 0.248 e. The van der Waals surface area contributed by atoms with E-state index in [2.05, 4.69) is 51.6 Å². The van der Waals surface area contributed by atoms with Gasteiger partial charge < -0.3 is 16.8 Å². The van der Waals surface area contributed by atoms with Gasteiger partial charge in [0.15, 0.2) is 5.82 Å². The first-order chi connectivity index (χ1) is 16.9. The Labute approximate surface area is 205 Å². The van der Waals surface area contributed by atoms with Gasteiger partial charge in [-0.15, -0.1) is 10.2 Å². The second-order valence-corrected chi connectivity index (χ2v) is 9.83. The van der Waals surface area contributed by atoms with Crippen LogP contribution >= 0.6 is 0 Å². The number of primary amides is 1. The number of carbonyl (C=O) groups is 1.